The summed E-state index contributed by atoms with van der Waals surface area (Å²) in [5.74, 6) is 0.253. The Kier molecular flexibility index (Phi) is 3.96. The Morgan fingerprint density at radius 1 is 1.38 bits per heavy atom. The maximum atomic E-state index is 11.6. The molecule has 1 amide bonds. The average molecular weight is 182 g/mol. The van der Waals surface area contributed by atoms with Crippen LogP contribution in [0.1, 0.15) is 20.3 Å². The summed E-state index contributed by atoms with van der Waals surface area (Å²) in [6, 6.07) is 0. The van der Waals surface area contributed by atoms with Gasteiger partial charge in [0.25, 0.3) is 0 Å². The van der Waals surface area contributed by atoms with E-state index in [0.717, 1.165) is 26.2 Å². The molecule has 0 aromatic carbocycles. The van der Waals surface area contributed by atoms with Crippen LogP contribution in [0, 0.1) is 0 Å². The number of hydrogen-bond donors (Lipinski definition) is 1. The van der Waals surface area contributed by atoms with Gasteiger partial charge in [0.2, 0.25) is 5.91 Å². The number of carbonyl (C=O) groups excluding carboxylic acids is 1. The zero-order valence-corrected chi connectivity index (χ0v) is 8.47. The SMILES string of the molecule is CC(C)=CCC(=O)N1CCNCC1. The minimum absolute atomic E-state index is 0.253. The minimum atomic E-state index is 0.253. The molecule has 0 radical (unpaired) electrons. The van der Waals surface area contributed by atoms with E-state index < -0.39 is 0 Å². The van der Waals surface area contributed by atoms with Gasteiger partial charge in [0, 0.05) is 32.6 Å². The third kappa shape index (κ3) is 3.59. The van der Waals surface area contributed by atoms with Crippen LogP contribution in [-0.4, -0.2) is 37.0 Å². The first kappa shape index (κ1) is 10.3. The van der Waals surface area contributed by atoms with Gasteiger partial charge in [0.05, 0.1) is 0 Å². The lowest BCUT2D eigenvalue weighted by molar-refractivity contribution is -0.130. The third-order valence-corrected chi connectivity index (χ3v) is 2.15. The van der Waals surface area contributed by atoms with Crippen molar-refractivity contribution < 1.29 is 4.79 Å². The Bertz CT molecular complexity index is 201. The lowest BCUT2D eigenvalue weighted by atomic mass is 10.2. The molecule has 1 aliphatic rings. The van der Waals surface area contributed by atoms with Gasteiger partial charge in [-0.2, -0.15) is 0 Å². The average Bonchev–Trinajstić information content (AvgIpc) is 2.15. The quantitative estimate of drug-likeness (QED) is 0.640. The zero-order chi connectivity index (χ0) is 9.68. The molecule has 3 heteroatoms. The molecule has 13 heavy (non-hydrogen) atoms. The van der Waals surface area contributed by atoms with Gasteiger partial charge in [-0.3, -0.25) is 4.79 Å². The maximum absolute atomic E-state index is 11.6. The van der Waals surface area contributed by atoms with Crippen molar-refractivity contribution >= 4 is 5.91 Å². The summed E-state index contributed by atoms with van der Waals surface area (Å²) < 4.78 is 0. The van der Waals surface area contributed by atoms with E-state index in [1.807, 2.05) is 24.8 Å². The number of rotatable bonds is 2. The Labute approximate surface area is 79.8 Å². The first-order valence-corrected chi connectivity index (χ1v) is 4.82. The van der Waals surface area contributed by atoms with E-state index in [2.05, 4.69) is 5.32 Å². The number of nitrogens with one attached hydrogen (secondary N) is 1. The van der Waals surface area contributed by atoms with Crippen LogP contribution in [0.25, 0.3) is 0 Å². The summed E-state index contributed by atoms with van der Waals surface area (Å²) in [7, 11) is 0. The number of allylic oxidation sites excluding steroid dienone is 1. The number of piperazine rings is 1. The van der Waals surface area contributed by atoms with Gasteiger partial charge in [-0.25, -0.2) is 0 Å². The molecule has 0 aliphatic carbocycles. The minimum Gasteiger partial charge on any atom is -0.340 e. The van der Waals surface area contributed by atoms with Crippen LogP contribution in [-0.2, 0) is 4.79 Å². The molecule has 0 spiro atoms. The monoisotopic (exact) mass is 182 g/mol. The second-order valence-corrected chi connectivity index (χ2v) is 3.62. The molecule has 1 fully saturated rings. The van der Waals surface area contributed by atoms with Crippen LogP contribution in [0.2, 0.25) is 0 Å². The second kappa shape index (κ2) is 5.02. The van der Waals surface area contributed by atoms with Crippen LogP contribution >= 0.6 is 0 Å². The van der Waals surface area contributed by atoms with Crippen molar-refractivity contribution in [2.24, 2.45) is 0 Å². The van der Waals surface area contributed by atoms with Gasteiger partial charge in [-0.05, 0) is 13.8 Å². The molecule has 3 nitrogen and oxygen atoms in total. The standard InChI is InChI=1S/C10H18N2O/c1-9(2)3-4-10(13)12-7-5-11-6-8-12/h3,11H,4-8H2,1-2H3. The van der Waals surface area contributed by atoms with Gasteiger partial charge >= 0.3 is 0 Å². The predicted molar refractivity (Wildman–Crippen MR) is 53.5 cm³/mol. The lowest BCUT2D eigenvalue weighted by Gasteiger charge is -2.27. The molecule has 74 valence electrons. The van der Waals surface area contributed by atoms with E-state index in [4.69, 9.17) is 0 Å². The first-order chi connectivity index (χ1) is 6.20. The zero-order valence-electron chi connectivity index (χ0n) is 8.47. The lowest BCUT2D eigenvalue weighted by Crippen LogP contribution is -2.46. The van der Waals surface area contributed by atoms with Crippen molar-refractivity contribution in [3.63, 3.8) is 0 Å². The van der Waals surface area contributed by atoms with E-state index in [1.165, 1.54) is 5.57 Å². The molecular weight excluding hydrogens is 164 g/mol. The molecule has 1 saturated heterocycles. The van der Waals surface area contributed by atoms with Crippen molar-refractivity contribution in [1.29, 1.82) is 0 Å². The van der Waals surface area contributed by atoms with Crippen LogP contribution in [0.15, 0.2) is 11.6 Å². The van der Waals surface area contributed by atoms with Crippen molar-refractivity contribution in [2.45, 2.75) is 20.3 Å². The number of amides is 1. The summed E-state index contributed by atoms with van der Waals surface area (Å²) >= 11 is 0. The summed E-state index contributed by atoms with van der Waals surface area (Å²) in [5.41, 5.74) is 1.21. The topological polar surface area (TPSA) is 32.3 Å². The maximum Gasteiger partial charge on any atom is 0.226 e. The molecule has 0 bridgehead atoms. The highest BCUT2D eigenvalue weighted by Gasteiger charge is 2.14. The van der Waals surface area contributed by atoms with Crippen LogP contribution in [0.3, 0.4) is 0 Å². The van der Waals surface area contributed by atoms with E-state index in [0.29, 0.717) is 6.42 Å². The van der Waals surface area contributed by atoms with Gasteiger partial charge in [0.1, 0.15) is 0 Å². The van der Waals surface area contributed by atoms with Gasteiger partial charge in [-0.1, -0.05) is 11.6 Å². The van der Waals surface area contributed by atoms with Crippen molar-refractivity contribution in [2.75, 3.05) is 26.2 Å². The first-order valence-electron chi connectivity index (χ1n) is 4.82. The van der Waals surface area contributed by atoms with E-state index >= 15 is 0 Å². The Morgan fingerprint density at radius 2 is 2.00 bits per heavy atom. The van der Waals surface area contributed by atoms with Crippen LogP contribution in [0.5, 0.6) is 0 Å². The number of carbonyl (C=O) groups is 1. The number of nitrogens with zero attached hydrogens (tertiary/aromatic N) is 1. The smallest absolute Gasteiger partial charge is 0.226 e. The fourth-order valence-electron chi connectivity index (χ4n) is 1.33. The van der Waals surface area contributed by atoms with Gasteiger partial charge in [0.15, 0.2) is 0 Å². The Morgan fingerprint density at radius 3 is 2.54 bits per heavy atom. The van der Waals surface area contributed by atoms with Crippen molar-refractivity contribution in [1.82, 2.24) is 10.2 Å². The summed E-state index contributed by atoms with van der Waals surface area (Å²) in [6.45, 7) is 7.61. The molecule has 0 saturated carbocycles. The van der Waals surface area contributed by atoms with Crippen molar-refractivity contribution in [3.05, 3.63) is 11.6 Å². The highest BCUT2D eigenvalue weighted by Crippen LogP contribution is 2.00. The van der Waals surface area contributed by atoms with Gasteiger partial charge in [-0.15, -0.1) is 0 Å². The molecule has 0 aromatic rings. The fourth-order valence-corrected chi connectivity index (χ4v) is 1.33. The fraction of sp³-hybridized carbons (Fsp3) is 0.700. The summed E-state index contributed by atoms with van der Waals surface area (Å²) in [4.78, 5) is 13.5. The number of hydrogen-bond acceptors (Lipinski definition) is 2. The molecular formula is C10H18N2O. The molecule has 0 unspecified atom stereocenters. The summed E-state index contributed by atoms with van der Waals surface area (Å²) in [6.07, 6.45) is 2.55. The Balaban J connectivity index is 2.33. The second-order valence-electron chi connectivity index (χ2n) is 3.62. The van der Waals surface area contributed by atoms with E-state index in [9.17, 15) is 4.79 Å². The summed E-state index contributed by atoms with van der Waals surface area (Å²) in [5, 5.41) is 3.23. The molecule has 1 N–H and O–H groups in total. The molecule has 0 aromatic heterocycles. The Hall–Kier alpha value is -0.830. The van der Waals surface area contributed by atoms with Crippen molar-refractivity contribution in [3.8, 4) is 0 Å². The molecule has 0 atom stereocenters. The third-order valence-electron chi connectivity index (χ3n) is 2.15. The molecule has 1 rings (SSSR count). The predicted octanol–water partition coefficient (Wildman–Crippen LogP) is 0.774. The van der Waals surface area contributed by atoms with E-state index in [1.54, 1.807) is 0 Å². The van der Waals surface area contributed by atoms with Crippen LogP contribution in [0.4, 0.5) is 0 Å². The largest absolute Gasteiger partial charge is 0.340 e. The van der Waals surface area contributed by atoms with E-state index in [-0.39, 0.29) is 5.91 Å². The highest BCUT2D eigenvalue weighted by molar-refractivity contribution is 5.77. The molecule has 1 aliphatic heterocycles. The highest BCUT2D eigenvalue weighted by atomic mass is 16.2. The molecule has 1 heterocycles. The van der Waals surface area contributed by atoms with Crippen LogP contribution < -0.4 is 5.32 Å². The normalized spacial score (nSPS) is 16.9. The van der Waals surface area contributed by atoms with Gasteiger partial charge < -0.3 is 10.2 Å².